The van der Waals surface area contributed by atoms with Gasteiger partial charge in [-0.3, -0.25) is 0 Å². The Bertz CT molecular complexity index is 326. The molecule has 0 spiro atoms. The molecule has 0 aromatic carbocycles. The van der Waals surface area contributed by atoms with E-state index in [1.165, 1.54) is 5.69 Å². The molecule has 0 aliphatic rings. The molecular formula is C11H21N2O+. The summed E-state index contributed by atoms with van der Waals surface area (Å²) in [4.78, 5) is 0. The van der Waals surface area contributed by atoms with Crippen molar-refractivity contribution >= 4 is 0 Å². The van der Waals surface area contributed by atoms with Crippen molar-refractivity contribution in [3.8, 4) is 0 Å². The Hall–Kier alpha value is -0.860. The van der Waals surface area contributed by atoms with E-state index in [4.69, 9.17) is 4.63 Å². The van der Waals surface area contributed by atoms with E-state index < -0.39 is 0 Å². The molecule has 0 bridgehead atoms. The zero-order valence-corrected chi connectivity index (χ0v) is 10.3. The summed E-state index contributed by atoms with van der Waals surface area (Å²) in [5, 5.41) is 4.14. The first-order chi connectivity index (χ1) is 6.14. The molecule has 0 saturated carbocycles. The Balaban J connectivity index is 3.35. The number of nitrogens with zero attached hydrogens (tertiary/aromatic N) is 2. The zero-order valence-electron chi connectivity index (χ0n) is 10.3. The van der Waals surface area contributed by atoms with Gasteiger partial charge in [0.25, 0.3) is 5.69 Å². The fourth-order valence-electron chi connectivity index (χ4n) is 1.65. The zero-order chi connectivity index (χ0) is 11.1. The number of aryl methyl sites for hydroxylation is 1. The first-order valence-corrected chi connectivity index (χ1v) is 5.01. The van der Waals surface area contributed by atoms with Gasteiger partial charge >= 0.3 is 0 Å². The van der Waals surface area contributed by atoms with Crippen LogP contribution < -0.4 is 4.74 Å². The lowest BCUT2D eigenvalue weighted by molar-refractivity contribution is -0.861. The summed E-state index contributed by atoms with van der Waals surface area (Å²) in [6.45, 7) is 13.0. The highest BCUT2D eigenvalue weighted by Crippen LogP contribution is 2.29. The standard InChI is InChI=1S/C11H21N2O/c1-10(2,3)8-9(11(4,5)6)13(7)14-12-8/h1-7H3/q+1. The maximum atomic E-state index is 5.22. The minimum atomic E-state index is 0.0351. The van der Waals surface area contributed by atoms with E-state index in [0.29, 0.717) is 0 Å². The van der Waals surface area contributed by atoms with Crippen LogP contribution in [-0.4, -0.2) is 5.16 Å². The molecule has 0 atom stereocenters. The predicted molar refractivity (Wildman–Crippen MR) is 55.1 cm³/mol. The Morgan fingerprint density at radius 1 is 1.00 bits per heavy atom. The third-order valence-electron chi connectivity index (χ3n) is 2.21. The number of hydrogen-bond acceptors (Lipinski definition) is 2. The van der Waals surface area contributed by atoms with Gasteiger partial charge in [0.05, 0.1) is 0 Å². The highest BCUT2D eigenvalue weighted by atomic mass is 16.6. The molecule has 1 aromatic heterocycles. The van der Waals surface area contributed by atoms with Gasteiger partial charge in [0.2, 0.25) is 5.69 Å². The molecule has 1 aromatic rings. The second kappa shape index (κ2) is 3.07. The largest absolute Gasteiger partial charge is 0.252 e. The third kappa shape index (κ3) is 1.97. The Labute approximate surface area is 86.1 Å². The van der Waals surface area contributed by atoms with Gasteiger partial charge < -0.3 is 0 Å². The molecule has 1 rings (SSSR count). The maximum Gasteiger partial charge on any atom is 0.252 e. The second-order valence-corrected chi connectivity index (χ2v) is 5.87. The molecule has 0 fully saturated rings. The maximum absolute atomic E-state index is 5.22. The SMILES string of the molecule is C[n+]1onc(C(C)(C)C)c1C(C)(C)C. The van der Waals surface area contributed by atoms with Crippen LogP contribution in [0.3, 0.4) is 0 Å². The molecule has 0 N–H and O–H groups in total. The fourth-order valence-corrected chi connectivity index (χ4v) is 1.65. The van der Waals surface area contributed by atoms with Crippen molar-refractivity contribution in [3.63, 3.8) is 0 Å². The normalized spacial score (nSPS) is 13.4. The molecule has 14 heavy (non-hydrogen) atoms. The highest BCUT2D eigenvalue weighted by molar-refractivity contribution is 5.20. The number of aromatic nitrogens is 2. The minimum Gasteiger partial charge on any atom is -0.0850 e. The molecule has 0 unspecified atom stereocenters. The third-order valence-corrected chi connectivity index (χ3v) is 2.21. The Morgan fingerprint density at radius 2 is 1.50 bits per heavy atom. The summed E-state index contributed by atoms with van der Waals surface area (Å²) in [7, 11) is 1.91. The molecule has 0 radical (unpaired) electrons. The summed E-state index contributed by atoms with van der Waals surface area (Å²) >= 11 is 0. The molecule has 0 aliphatic heterocycles. The quantitative estimate of drug-likeness (QED) is 0.596. The lowest BCUT2D eigenvalue weighted by Gasteiger charge is -2.18. The molecule has 3 heteroatoms. The van der Waals surface area contributed by atoms with Crippen molar-refractivity contribution in [2.45, 2.75) is 52.4 Å². The van der Waals surface area contributed by atoms with Crippen LogP contribution in [0.4, 0.5) is 0 Å². The smallest absolute Gasteiger partial charge is 0.0850 e. The van der Waals surface area contributed by atoms with Gasteiger partial charge in [-0.05, 0) is 0 Å². The topological polar surface area (TPSA) is 29.9 Å². The summed E-state index contributed by atoms with van der Waals surface area (Å²) in [5.74, 6) is 0. The van der Waals surface area contributed by atoms with Gasteiger partial charge in [0, 0.05) is 10.8 Å². The Kier molecular flexibility index (Phi) is 2.46. The minimum absolute atomic E-state index is 0.0351. The Morgan fingerprint density at radius 3 is 1.79 bits per heavy atom. The first kappa shape index (κ1) is 11.2. The van der Waals surface area contributed by atoms with Crippen LogP contribution in [0.1, 0.15) is 52.9 Å². The highest BCUT2D eigenvalue weighted by Gasteiger charge is 2.38. The van der Waals surface area contributed by atoms with Gasteiger partial charge in [-0.2, -0.15) is 0 Å². The molecule has 80 valence electrons. The molecule has 0 saturated heterocycles. The van der Waals surface area contributed by atoms with Crippen LogP contribution in [0.2, 0.25) is 0 Å². The molecule has 1 heterocycles. The van der Waals surface area contributed by atoms with E-state index in [2.05, 4.69) is 46.7 Å². The predicted octanol–water partition coefficient (Wildman–Crippen LogP) is 2.09. The monoisotopic (exact) mass is 197 g/mol. The number of hydrogen-bond donors (Lipinski definition) is 0. The molecule has 0 amide bonds. The summed E-state index contributed by atoms with van der Waals surface area (Å²) in [6, 6.07) is 0. The van der Waals surface area contributed by atoms with Gasteiger partial charge in [0.1, 0.15) is 7.05 Å². The lowest BCUT2D eigenvalue weighted by atomic mass is 9.82. The van der Waals surface area contributed by atoms with Gasteiger partial charge in [-0.1, -0.05) is 50.9 Å². The molecular weight excluding hydrogens is 176 g/mol. The van der Waals surface area contributed by atoms with Crippen molar-refractivity contribution in [1.29, 1.82) is 0 Å². The van der Waals surface area contributed by atoms with E-state index >= 15 is 0 Å². The van der Waals surface area contributed by atoms with Crippen LogP contribution in [0.15, 0.2) is 4.63 Å². The summed E-state index contributed by atoms with van der Waals surface area (Å²) in [6.07, 6.45) is 0. The number of rotatable bonds is 0. The summed E-state index contributed by atoms with van der Waals surface area (Å²) in [5.41, 5.74) is 2.32. The van der Waals surface area contributed by atoms with Crippen LogP contribution >= 0.6 is 0 Å². The average molecular weight is 197 g/mol. The van der Waals surface area contributed by atoms with E-state index in [9.17, 15) is 0 Å². The van der Waals surface area contributed by atoms with Crippen molar-refractivity contribution in [1.82, 2.24) is 5.16 Å². The van der Waals surface area contributed by atoms with Crippen LogP contribution in [0.25, 0.3) is 0 Å². The second-order valence-electron chi connectivity index (χ2n) is 5.87. The summed E-state index contributed by atoms with van der Waals surface area (Å²) < 4.78 is 6.98. The van der Waals surface area contributed by atoms with E-state index in [0.717, 1.165) is 5.69 Å². The van der Waals surface area contributed by atoms with Crippen LogP contribution in [0, 0.1) is 0 Å². The van der Waals surface area contributed by atoms with Crippen molar-refractivity contribution in [2.24, 2.45) is 7.05 Å². The van der Waals surface area contributed by atoms with E-state index in [-0.39, 0.29) is 10.8 Å². The van der Waals surface area contributed by atoms with E-state index in [1.54, 1.807) is 4.74 Å². The van der Waals surface area contributed by atoms with Gasteiger partial charge in [-0.15, -0.1) is 0 Å². The molecule has 0 aliphatic carbocycles. The van der Waals surface area contributed by atoms with Crippen LogP contribution in [-0.2, 0) is 17.9 Å². The van der Waals surface area contributed by atoms with Crippen molar-refractivity contribution in [3.05, 3.63) is 11.4 Å². The van der Waals surface area contributed by atoms with Crippen molar-refractivity contribution in [2.75, 3.05) is 0 Å². The first-order valence-electron chi connectivity index (χ1n) is 5.01. The average Bonchev–Trinajstić information content (AvgIpc) is 2.27. The van der Waals surface area contributed by atoms with Crippen LogP contribution in [0.5, 0.6) is 0 Å². The van der Waals surface area contributed by atoms with Gasteiger partial charge in [-0.25, -0.2) is 0 Å². The van der Waals surface area contributed by atoms with E-state index in [1.807, 2.05) is 7.05 Å². The lowest BCUT2D eigenvalue weighted by Crippen LogP contribution is -2.38. The van der Waals surface area contributed by atoms with Gasteiger partial charge in [0.15, 0.2) is 5.16 Å². The molecule has 3 nitrogen and oxygen atoms in total. The fraction of sp³-hybridized carbons (Fsp3) is 0.818. The van der Waals surface area contributed by atoms with Crippen molar-refractivity contribution < 1.29 is 9.37 Å².